The molecule has 0 aromatic rings. The van der Waals surface area contributed by atoms with Gasteiger partial charge in [-0.05, 0) is 12.3 Å². The van der Waals surface area contributed by atoms with E-state index in [1.165, 1.54) is 0 Å². The molecule has 0 saturated heterocycles. The molecule has 0 bridgehead atoms. The Morgan fingerprint density at radius 3 is 1.08 bits per heavy atom. The van der Waals surface area contributed by atoms with Crippen LogP contribution in [0.25, 0.3) is 0 Å². The van der Waals surface area contributed by atoms with Gasteiger partial charge >= 0.3 is 5.97 Å². The molecular formula is C4H3BrO8-4. The summed E-state index contributed by atoms with van der Waals surface area (Å²) in [5, 5.41) is 41.0. The summed E-state index contributed by atoms with van der Waals surface area (Å²) in [6, 6.07) is 0. The van der Waals surface area contributed by atoms with Gasteiger partial charge in [0.05, 0.1) is 0 Å². The van der Waals surface area contributed by atoms with E-state index in [1.807, 2.05) is 0 Å². The van der Waals surface area contributed by atoms with Crippen LogP contribution in [0.1, 0.15) is 0 Å². The summed E-state index contributed by atoms with van der Waals surface area (Å²) in [5.41, 5.74) is 0. The van der Waals surface area contributed by atoms with Crippen LogP contribution in [0, 0.1) is 0 Å². The Kier molecular flexibility index (Phi) is 17.7. The van der Waals surface area contributed by atoms with Crippen LogP contribution >= 0.6 is 15.9 Å². The molecule has 0 saturated carbocycles. The molecule has 0 unspecified atom stereocenters. The first-order valence-corrected chi connectivity index (χ1v) is 3.39. The Bertz CT molecular complexity index is 146. The van der Waals surface area contributed by atoms with Gasteiger partial charge in [-0.15, -0.1) is 0 Å². The van der Waals surface area contributed by atoms with Gasteiger partial charge in [-0.1, -0.05) is 15.9 Å². The second-order valence-corrected chi connectivity index (χ2v) is 1.59. The van der Waals surface area contributed by atoms with Crippen molar-refractivity contribution in [3.05, 3.63) is 0 Å². The van der Waals surface area contributed by atoms with E-state index in [-0.39, 0.29) is 5.33 Å². The van der Waals surface area contributed by atoms with Crippen LogP contribution in [0.5, 0.6) is 0 Å². The molecule has 8 nitrogen and oxygen atoms in total. The summed E-state index contributed by atoms with van der Waals surface area (Å²) in [4.78, 5) is 26.0. The van der Waals surface area contributed by atoms with Crippen LogP contribution in [0.2, 0.25) is 0 Å². The molecule has 78 valence electrons. The third-order valence-corrected chi connectivity index (χ3v) is 0.594. The topological polar surface area (TPSA) is 164 Å². The molecule has 0 aliphatic carbocycles. The van der Waals surface area contributed by atoms with E-state index in [0.29, 0.717) is 0 Å². The molecule has 0 atom stereocenters. The minimum atomic E-state index is -2.33. The monoisotopic (exact) mass is 258 g/mol. The van der Waals surface area contributed by atoms with E-state index < -0.39 is 18.3 Å². The summed E-state index contributed by atoms with van der Waals surface area (Å²) >= 11 is 2.71. The van der Waals surface area contributed by atoms with Crippen molar-refractivity contribution in [1.82, 2.24) is 0 Å². The van der Waals surface area contributed by atoms with E-state index >= 15 is 0 Å². The van der Waals surface area contributed by atoms with E-state index in [9.17, 15) is 4.79 Å². The van der Waals surface area contributed by atoms with Crippen LogP contribution in [-0.2, 0) is 4.79 Å². The van der Waals surface area contributed by atoms with Crippen molar-refractivity contribution in [3.8, 4) is 0 Å². The maximum absolute atomic E-state index is 9.32. The van der Waals surface area contributed by atoms with Gasteiger partial charge in [-0.2, -0.15) is 0 Å². The maximum atomic E-state index is 9.32. The molecule has 0 aliphatic rings. The first kappa shape index (κ1) is 17.5. The minimum absolute atomic E-state index is 0.0347. The van der Waals surface area contributed by atoms with Crippen LogP contribution in [0.4, 0.5) is 9.59 Å². The summed E-state index contributed by atoms with van der Waals surface area (Å²) in [6.07, 6.45) is -4.67. The van der Waals surface area contributed by atoms with Gasteiger partial charge in [0.25, 0.3) is 0 Å². The zero-order valence-corrected chi connectivity index (χ0v) is 7.48. The van der Waals surface area contributed by atoms with E-state index in [0.717, 1.165) is 0 Å². The number of carboxylic acids is 1. The van der Waals surface area contributed by atoms with Gasteiger partial charge in [0, 0.05) is 0 Å². The fraction of sp³-hybridized carbons (Fsp3) is 0.250. The number of alkyl halides is 1. The largest absolute Gasteiger partial charge is 0.652 e. The average molecular weight is 259 g/mol. The lowest BCUT2D eigenvalue weighted by atomic mass is 10.8. The highest BCUT2D eigenvalue weighted by molar-refractivity contribution is 9.09. The highest BCUT2D eigenvalue weighted by Gasteiger charge is 1.83. The lowest BCUT2D eigenvalue weighted by molar-refractivity contribution is -0.417. The van der Waals surface area contributed by atoms with Gasteiger partial charge in [-0.25, -0.2) is 0 Å². The lowest BCUT2D eigenvalue weighted by Gasteiger charge is -1.96. The SMILES string of the molecule is O=C(O)CBr.O=C([O-])[O-].O=C([O-])[O-]. The Labute approximate surface area is 80.2 Å². The summed E-state index contributed by atoms with van der Waals surface area (Å²) in [7, 11) is 0. The number of carboxylic acid groups (broad SMARTS) is 5. The molecule has 0 aromatic carbocycles. The van der Waals surface area contributed by atoms with Gasteiger partial charge in [0.2, 0.25) is 0 Å². The number of carbonyl (C=O) groups excluding carboxylic acids is 2. The molecular weight excluding hydrogens is 256 g/mol. The standard InChI is InChI=1S/C2H3BrO2.2CH2O3/c3-1-2(4)5;2*2-1(3)4/h1H2,(H,4,5);2*(H2,2,3,4)/p-4. The first-order valence-electron chi connectivity index (χ1n) is 2.27. The third kappa shape index (κ3) is 3150. The van der Waals surface area contributed by atoms with Crippen molar-refractivity contribution < 1.29 is 39.9 Å². The third-order valence-electron chi connectivity index (χ3n) is 0.114. The Morgan fingerprint density at radius 2 is 1.08 bits per heavy atom. The summed E-state index contributed by atoms with van der Waals surface area (Å²) in [5.74, 6) is -0.829. The van der Waals surface area contributed by atoms with Crippen LogP contribution in [0.15, 0.2) is 0 Å². The van der Waals surface area contributed by atoms with Crippen LogP contribution in [0.3, 0.4) is 0 Å². The lowest BCUT2D eigenvalue weighted by Crippen LogP contribution is -2.37. The normalized spacial score (nSPS) is 6.54. The molecule has 0 spiro atoms. The molecule has 13 heavy (non-hydrogen) atoms. The number of hydrogen-bond acceptors (Lipinski definition) is 7. The predicted molar refractivity (Wildman–Crippen MR) is 32.2 cm³/mol. The number of aliphatic carboxylic acids is 1. The van der Waals surface area contributed by atoms with Gasteiger partial charge in [0.15, 0.2) is 0 Å². The van der Waals surface area contributed by atoms with Crippen molar-refractivity contribution in [1.29, 1.82) is 0 Å². The summed E-state index contributed by atoms with van der Waals surface area (Å²) in [6.45, 7) is 0. The van der Waals surface area contributed by atoms with E-state index in [4.69, 9.17) is 35.1 Å². The molecule has 0 radical (unpaired) electrons. The number of hydrogen-bond donors (Lipinski definition) is 1. The number of rotatable bonds is 1. The van der Waals surface area contributed by atoms with Gasteiger partial charge in [0.1, 0.15) is 5.33 Å². The van der Waals surface area contributed by atoms with Crippen molar-refractivity contribution >= 4 is 34.2 Å². The Hall–Kier alpha value is -1.51. The van der Waals surface area contributed by atoms with Crippen molar-refractivity contribution in [2.45, 2.75) is 0 Å². The Morgan fingerprint density at radius 1 is 1.00 bits per heavy atom. The quantitative estimate of drug-likeness (QED) is 0.460. The summed E-state index contributed by atoms with van der Waals surface area (Å²) < 4.78 is 0. The van der Waals surface area contributed by atoms with Gasteiger partial charge in [-0.3, -0.25) is 4.79 Å². The average Bonchev–Trinajstić information content (AvgIpc) is 1.84. The second-order valence-electron chi connectivity index (χ2n) is 1.03. The zero-order chi connectivity index (χ0) is 11.4. The van der Waals surface area contributed by atoms with E-state index in [2.05, 4.69) is 15.9 Å². The first-order chi connectivity index (χ1) is 5.73. The van der Waals surface area contributed by atoms with Crippen molar-refractivity contribution in [3.63, 3.8) is 0 Å². The number of halogens is 1. The molecule has 0 aliphatic heterocycles. The molecule has 0 heterocycles. The molecule has 9 heteroatoms. The molecule has 1 N–H and O–H groups in total. The minimum Gasteiger partial charge on any atom is -0.652 e. The smallest absolute Gasteiger partial charge is 0.314 e. The molecule has 0 rings (SSSR count). The Balaban J connectivity index is -0.000000117. The van der Waals surface area contributed by atoms with Crippen molar-refractivity contribution in [2.75, 3.05) is 5.33 Å². The van der Waals surface area contributed by atoms with Gasteiger partial charge < -0.3 is 35.1 Å². The molecule has 0 fully saturated rings. The predicted octanol–water partition coefficient (Wildman–Crippen LogP) is -4.43. The zero-order valence-electron chi connectivity index (χ0n) is 5.89. The van der Waals surface area contributed by atoms with Crippen LogP contribution < -0.4 is 20.4 Å². The van der Waals surface area contributed by atoms with Crippen LogP contribution in [-0.4, -0.2) is 28.7 Å². The molecule has 0 amide bonds. The van der Waals surface area contributed by atoms with Crippen molar-refractivity contribution in [2.24, 2.45) is 0 Å². The maximum Gasteiger partial charge on any atom is 0.314 e. The highest BCUT2D eigenvalue weighted by atomic mass is 79.9. The fourth-order valence-corrected chi connectivity index (χ4v) is 0. The second kappa shape index (κ2) is 13.1. The van der Waals surface area contributed by atoms with E-state index in [1.54, 1.807) is 0 Å². The highest BCUT2D eigenvalue weighted by Crippen LogP contribution is 1.73. The fourth-order valence-electron chi connectivity index (χ4n) is 0. The molecule has 0 aromatic heterocycles. The number of carbonyl (C=O) groups is 3.